The molecule has 18 heavy (non-hydrogen) atoms. The van der Waals surface area contributed by atoms with E-state index in [9.17, 15) is 0 Å². The van der Waals surface area contributed by atoms with Gasteiger partial charge in [-0.2, -0.15) is 0 Å². The number of methoxy groups -OCH3 is 1. The standard InChI is InChI=1S/C17H18O/c1-3-15(13-14-7-5-4-6-8-14)16-9-11-17(18-2)12-10-16/h3-12,15H,1,13H2,2H3. The molecule has 0 bridgehead atoms. The zero-order valence-electron chi connectivity index (χ0n) is 10.7. The molecule has 0 aromatic heterocycles. The SMILES string of the molecule is C=CC(Cc1ccccc1)c1ccc(OC)cc1. The fourth-order valence-electron chi connectivity index (χ4n) is 2.06. The maximum Gasteiger partial charge on any atom is 0.118 e. The summed E-state index contributed by atoms with van der Waals surface area (Å²) in [5.41, 5.74) is 2.60. The molecular weight excluding hydrogens is 220 g/mol. The summed E-state index contributed by atoms with van der Waals surface area (Å²) in [6.45, 7) is 3.94. The highest BCUT2D eigenvalue weighted by Crippen LogP contribution is 2.24. The Morgan fingerprint density at radius 1 is 1.06 bits per heavy atom. The third-order valence-electron chi connectivity index (χ3n) is 3.13. The number of allylic oxidation sites excluding steroid dienone is 1. The van der Waals surface area contributed by atoms with Crippen LogP contribution in [0.4, 0.5) is 0 Å². The lowest BCUT2D eigenvalue weighted by Crippen LogP contribution is -1.99. The normalized spacial score (nSPS) is 11.8. The Hall–Kier alpha value is -2.02. The summed E-state index contributed by atoms with van der Waals surface area (Å²) in [5, 5.41) is 0. The third-order valence-corrected chi connectivity index (χ3v) is 3.13. The van der Waals surface area contributed by atoms with E-state index in [0.29, 0.717) is 5.92 Å². The molecule has 1 atom stereocenters. The Labute approximate surface area is 109 Å². The molecule has 2 rings (SSSR count). The zero-order chi connectivity index (χ0) is 12.8. The second kappa shape index (κ2) is 6.06. The monoisotopic (exact) mass is 238 g/mol. The fraction of sp³-hybridized carbons (Fsp3) is 0.176. The van der Waals surface area contributed by atoms with E-state index in [1.165, 1.54) is 11.1 Å². The Bertz CT molecular complexity index is 485. The van der Waals surface area contributed by atoms with Crippen LogP contribution in [0.3, 0.4) is 0 Å². The van der Waals surface area contributed by atoms with E-state index in [1.54, 1.807) is 7.11 Å². The predicted molar refractivity (Wildman–Crippen MR) is 76.1 cm³/mol. The van der Waals surface area contributed by atoms with Crippen molar-refractivity contribution in [3.8, 4) is 5.75 Å². The van der Waals surface area contributed by atoms with Crippen molar-refractivity contribution in [2.45, 2.75) is 12.3 Å². The van der Waals surface area contributed by atoms with E-state index in [2.05, 4.69) is 43.0 Å². The molecule has 1 heteroatoms. The number of hydrogen-bond acceptors (Lipinski definition) is 1. The van der Waals surface area contributed by atoms with Gasteiger partial charge >= 0.3 is 0 Å². The van der Waals surface area contributed by atoms with Crippen molar-refractivity contribution < 1.29 is 4.74 Å². The fourth-order valence-corrected chi connectivity index (χ4v) is 2.06. The summed E-state index contributed by atoms with van der Waals surface area (Å²) >= 11 is 0. The van der Waals surface area contributed by atoms with Crippen LogP contribution in [0.5, 0.6) is 5.75 Å². The van der Waals surface area contributed by atoms with Crippen molar-refractivity contribution in [1.82, 2.24) is 0 Å². The van der Waals surface area contributed by atoms with Gasteiger partial charge in [-0.05, 0) is 29.7 Å². The summed E-state index contributed by atoms with van der Waals surface area (Å²) in [7, 11) is 1.68. The van der Waals surface area contributed by atoms with Crippen LogP contribution in [0.15, 0.2) is 67.3 Å². The Morgan fingerprint density at radius 3 is 2.28 bits per heavy atom. The molecule has 2 aromatic rings. The molecule has 2 aromatic carbocycles. The summed E-state index contributed by atoms with van der Waals surface area (Å²) in [4.78, 5) is 0. The minimum Gasteiger partial charge on any atom is -0.497 e. The van der Waals surface area contributed by atoms with E-state index < -0.39 is 0 Å². The lowest BCUT2D eigenvalue weighted by Gasteiger charge is -2.13. The largest absolute Gasteiger partial charge is 0.497 e. The van der Waals surface area contributed by atoms with Gasteiger partial charge in [-0.3, -0.25) is 0 Å². The van der Waals surface area contributed by atoms with Gasteiger partial charge in [-0.25, -0.2) is 0 Å². The first-order valence-electron chi connectivity index (χ1n) is 6.14. The second-order valence-electron chi connectivity index (χ2n) is 4.31. The highest BCUT2D eigenvalue weighted by molar-refractivity contribution is 5.32. The first-order chi connectivity index (χ1) is 8.83. The van der Waals surface area contributed by atoms with Crippen LogP contribution in [0.2, 0.25) is 0 Å². The summed E-state index contributed by atoms with van der Waals surface area (Å²) < 4.78 is 5.18. The molecule has 1 nitrogen and oxygen atoms in total. The minimum absolute atomic E-state index is 0.346. The van der Waals surface area contributed by atoms with Gasteiger partial charge in [0.25, 0.3) is 0 Å². The Kier molecular flexibility index (Phi) is 4.19. The molecule has 0 heterocycles. The molecule has 1 unspecified atom stereocenters. The maximum absolute atomic E-state index is 5.18. The number of hydrogen-bond donors (Lipinski definition) is 0. The van der Waals surface area contributed by atoms with E-state index in [-0.39, 0.29) is 0 Å². The lowest BCUT2D eigenvalue weighted by molar-refractivity contribution is 0.414. The van der Waals surface area contributed by atoms with Gasteiger partial charge in [-0.15, -0.1) is 6.58 Å². The van der Waals surface area contributed by atoms with Crippen molar-refractivity contribution in [2.75, 3.05) is 7.11 Å². The first kappa shape index (κ1) is 12.4. The number of ether oxygens (including phenoxy) is 1. The van der Waals surface area contributed by atoms with Crippen molar-refractivity contribution in [2.24, 2.45) is 0 Å². The van der Waals surface area contributed by atoms with Crippen molar-refractivity contribution in [1.29, 1.82) is 0 Å². The van der Waals surface area contributed by atoms with E-state index in [1.807, 2.05) is 24.3 Å². The second-order valence-corrected chi connectivity index (χ2v) is 4.31. The smallest absolute Gasteiger partial charge is 0.118 e. The van der Waals surface area contributed by atoms with Crippen LogP contribution in [-0.2, 0) is 6.42 Å². The van der Waals surface area contributed by atoms with Crippen LogP contribution in [0, 0.1) is 0 Å². The topological polar surface area (TPSA) is 9.23 Å². The van der Waals surface area contributed by atoms with Gasteiger partial charge < -0.3 is 4.74 Å². The molecule has 0 N–H and O–H groups in total. The summed E-state index contributed by atoms with van der Waals surface area (Å²) in [6, 6.07) is 18.7. The van der Waals surface area contributed by atoms with Crippen molar-refractivity contribution >= 4 is 0 Å². The summed E-state index contributed by atoms with van der Waals surface area (Å²) in [5.74, 6) is 1.24. The van der Waals surface area contributed by atoms with Gasteiger partial charge in [0.2, 0.25) is 0 Å². The van der Waals surface area contributed by atoms with Crippen LogP contribution in [0.1, 0.15) is 17.0 Å². The predicted octanol–water partition coefficient (Wildman–Crippen LogP) is 4.21. The van der Waals surface area contributed by atoms with E-state index in [4.69, 9.17) is 4.74 Å². The molecule has 0 radical (unpaired) electrons. The molecule has 92 valence electrons. The first-order valence-corrected chi connectivity index (χ1v) is 6.14. The quantitative estimate of drug-likeness (QED) is 0.709. The van der Waals surface area contributed by atoms with Crippen LogP contribution < -0.4 is 4.74 Å². The molecule has 0 spiro atoms. The van der Waals surface area contributed by atoms with Gasteiger partial charge in [-0.1, -0.05) is 48.5 Å². The highest BCUT2D eigenvalue weighted by atomic mass is 16.5. The van der Waals surface area contributed by atoms with Crippen LogP contribution in [0.25, 0.3) is 0 Å². The Balaban J connectivity index is 2.15. The summed E-state index contributed by atoms with van der Waals surface area (Å²) in [6.07, 6.45) is 2.99. The average molecular weight is 238 g/mol. The minimum atomic E-state index is 0.346. The molecule has 0 amide bonds. The van der Waals surface area contributed by atoms with Crippen molar-refractivity contribution in [3.05, 3.63) is 78.4 Å². The van der Waals surface area contributed by atoms with Gasteiger partial charge in [0.1, 0.15) is 5.75 Å². The molecule has 0 saturated carbocycles. The van der Waals surface area contributed by atoms with E-state index >= 15 is 0 Å². The molecule has 0 aliphatic carbocycles. The van der Waals surface area contributed by atoms with Gasteiger partial charge in [0, 0.05) is 5.92 Å². The van der Waals surface area contributed by atoms with Crippen LogP contribution >= 0.6 is 0 Å². The highest BCUT2D eigenvalue weighted by Gasteiger charge is 2.08. The molecular formula is C17H18O. The van der Waals surface area contributed by atoms with Gasteiger partial charge in [0.05, 0.1) is 7.11 Å². The maximum atomic E-state index is 5.18. The van der Waals surface area contributed by atoms with Crippen molar-refractivity contribution in [3.63, 3.8) is 0 Å². The molecule has 0 aliphatic rings. The van der Waals surface area contributed by atoms with Gasteiger partial charge in [0.15, 0.2) is 0 Å². The molecule has 0 saturated heterocycles. The number of rotatable bonds is 5. The molecule has 0 aliphatic heterocycles. The Morgan fingerprint density at radius 2 is 1.72 bits per heavy atom. The average Bonchev–Trinajstić information content (AvgIpc) is 2.46. The lowest BCUT2D eigenvalue weighted by atomic mass is 9.92. The molecule has 0 fully saturated rings. The van der Waals surface area contributed by atoms with E-state index in [0.717, 1.165) is 12.2 Å². The zero-order valence-corrected chi connectivity index (χ0v) is 10.7. The number of benzene rings is 2. The third kappa shape index (κ3) is 3.01. The van der Waals surface area contributed by atoms with Crippen LogP contribution in [-0.4, -0.2) is 7.11 Å².